The second-order valence-electron chi connectivity index (χ2n) is 8.38. The molecule has 7 nitrogen and oxygen atoms in total. The molecule has 0 bridgehead atoms. The van der Waals surface area contributed by atoms with Gasteiger partial charge in [0.25, 0.3) is 5.91 Å². The zero-order chi connectivity index (χ0) is 25.4. The van der Waals surface area contributed by atoms with Crippen molar-refractivity contribution in [2.24, 2.45) is 0 Å². The van der Waals surface area contributed by atoms with Crippen molar-refractivity contribution in [3.63, 3.8) is 0 Å². The Labute approximate surface area is 216 Å². The van der Waals surface area contributed by atoms with E-state index in [2.05, 4.69) is 12.2 Å². The van der Waals surface area contributed by atoms with Gasteiger partial charge in [-0.25, -0.2) is 4.79 Å². The van der Waals surface area contributed by atoms with E-state index >= 15 is 0 Å². The van der Waals surface area contributed by atoms with Crippen molar-refractivity contribution < 1.29 is 19.1 Å². The number of benzene rings is 2. The summed E-state index contributed by atoms with van der Waals surface area (Å²) >= 11 is 11.7. The first-order valence-electron chi connectivity index (χ1n) is 11.7. The van der Waals surface area contributed by atoms with Gasteiger partial charge in [-0.15, -0.1) is 0 Å². The molecule has 9 heteroatoms. The van der Waals surface area contributed by atoms with Gasteiger partial charge in [0.05, 0.1) is 24.8 Å². The van der Waals surface area contributed by atoms with Crippen LogP contribution in [-0.2, 0) is 14.3 Å². The van der Waals surface area contributed by atoms with Crippen molar-refractivity contribution in [1.29, 1.82) is 0 Å². The van der Waals surface area contributed by atoms with Crippen molar-refractivity contribution in [3.05, 3.63) is 59.1 Å². The molecule has 1 aliphatic heterocycles. The van der Waals surface area contributed by atoms with Crippen LogP contribution in [0.4, 0.5) is 11.4 Å². The first-order valence-corrected chi connectivity index (χ1v) is 12.5. The maximum Gasteiger partial charge on any atom is 0.337 e. The van der Waals surface area contributed by atoms with E-state index in [-0.39, 0.29) is 18.2 Å². The maximum atomic E-state index is 13.4. The van der Waals surface area contributed by atoms with Gasteiger partial charge in [-0.2, -0.15) is 0 Å². The number of unbranched alkanes of at least 4 members (excludes halogenated alkanes) is 4. The Morgan fingerprint density at radius 1 is 1.03 bits per heavy atom. The predicted molar refractivity (Wildman–Crippen MR) is 142 cm³/mol. The number of hydrogen-bond acceptors (Lipinski definition) is 5. The van der Waals surface area contributed by atoms with Gasteiger partial charge in [0.1, 0.15) is 6.04 Å². The molecule has 35 heavy (non-hydrogen) atoms. The van der Waals surface area contributed by atoms with Crippen LogP contribution in [-0.4, -0.2) is 47.5 Å². The van der Waals surface area contributed by atoms with Crippen LogP contribution in [0, 0.1) is 0 Å². The minimum atomic E-state index is -0.696. The van der Waals surface area contributed by atoms with E-state index in [1.54, 1.807) is 48.5 Å². The van der Waals surface area contributed by atoms with Gasteiger partial charge in [0.2, 0.25) is 5.91 Å². The lowest BCUT2D eigenvalue weighted by Crippen LogP contribution is -2.38. The molecule has 1 atom stereocenters. The Bertz CT molecular complexity index is 1060. The number of amides is 2. The molecular weight excluding hydrogens is 486 g/mol. The van der Waals surface area contributed by atoms with Gasteiger partial charge in [0, 0.05) is 17.3 Å². The zero-order valence-corrected chi connectivity index (χ0v) is 21.5. The van der Waals surface area contributed by atoms with Crippen LogP contribution in [0.2, 0.25) is 5.02 Å². The Hall–Kier alpha value is -2.97. The lowest BCUT2D eigenvalue weighted by Gasteiger charge is -2.24. The number of nitrogens with zero attached hydrogens (tertiary/aromatic N) is 2. The number of esters is 1. The Morgan fingerprint density at radius 2 is 1.69 bits per heavy atom. The number of hydrogen-bond donors (Lipinski definition) is 1. The summed E-state index contributed by atoms with van der Waals surface area (Å²) in [6, 6.07) is 12.6. The number of thiocarbonyl (C=S) groups is 1. The molecule has 1 fully saturated rings. The van der Waals surface area contributed by atoms with Crippen molar-refractivity contribution in [3.8, 4) is 0 Å². The molecule has 186 valence electrons. The standard InChI is InChI=1S/C26H30ClN3O4S/c1-3-4-5-6-7-16-29-22(24(32)30(26(29)35)21-14-10-19(27)11-15-21)17-23(31)28-20-12-8-18(9-13-20)25(33)34-2/h8-15,22H,3-7,16-17H2,1-2H3,(H,28,31). The van der Waals surface area contributed by atoms with Crippen molar-refractivity contribution >= 4 is 58.1 Å². The first kappa shape index (κ1) is 26.6. The van der Waals surface area contributed by atoms with Crippen LogP contribution < -0.4 is 10.2 Å². The third-order valence-corrected chi connectivity index (χ3v) is 6.54. The highest BCUT2D eigenvalue weighted by Gasteiger charge is 2.43. The quantitative estimate of drug-likeness (QED) is 0.244. The van der Waals surface area contributed by atoms with E-state index in [1.807, 2.05) is 4.90 Å². The minimum absolute atomic E-state index is 0.0449. The Morgan fingerprint density at radius 3 is 2.31 bits per heavy atom. The highest BCUT2D eigenvalue weighted by atomic mass is 35.5. The van der Waals surface area contributed by atoms with Crippen LogP contribution >= 0.6 is 23.8 Å². The first-order chi connectivity index (χ1) is 16.8. The molecule has 1 heterocycles. The molecule has 2 amide bonds. The Kier molecular flexibility index (Phi) is 9.63. The van der Waals surface area contributed by atoms with E-state index < -0.39 is 12.0 Å². The van der Waals surface area contributed by atoms with Crippen molar-refractivity contribution in [2.75, 3.05) is 23.9 Å². The van der Waals surface area contributed by atoms with E-state index in [1.165, 1.54) is 18.4 Å². The number of rotatable bonds is 11. The molecule has 0 radical (unpaired) electrons. The van der Waals surface area contributed by atoms with Crippen LogP contribution in [0.3, 0.4) is 0 Å². The van der Waals surface area contributed by atoms with Gasteiger partial charge < -0.3 is 15.0 Å². The molecule has 3 rings (SSSR count). The molecule has 0 saturated carbocycles. The van der Waals surface area contributed by atoms with Gasteiger partial charge >= 0.3 is 5.97 Å². The fourth-order valence-electron chi connectivity index (χ4n) is 4.00. The molecule has 0 spiro atoms. The lowest BCUT2D eigenvalue weighted by molar-refractivity contribution is -0.124. The van der Waals surface area contributed by atoms with E-state index in [0.717, 1.165) is 25.7 Å². The summed E-state index contributed by atoms with van der Waals surface area (Å²) in [5.41, 5.74) is 1.53. The topological polar surface area (TPSA) is 79.0 Å². The SMILES string of the molecule is CCCCCCCN1C(=S)N(c2ccc(Cl)cc2)C(=O)C1CC(=O)Nc1ccc(C(=O)OC)cc1. The fourth-order valence-corrected chi connectivity index (χ4v) is 4.54. The smallest absolute Gasteiger partial charge is 0.337 e. The molecule has 2 aromatic rings. The van der Waals surface area contributed by atoms with Gasteiger partial charge in [0.15, 0.2) is 5.11 Å². The van der Waals surface area contributed by atoms with Crippen LogP contribution in [0.25, 0.3) is 0 Å². The summed E-state index contributed by atoms with van der Waals surface area (Å²) in [4.78, 5) is 41.3. The number of ether oxygens (including phenoxy) is 1. The third kappa shape index (κ3) is 6.80. The summed E-state index contributed by atoms with van der Waals surface area (Å²) in [6.45, 7) is 2.76. The summed E-state index contributed by atoms with van der Waals surface area (Å²) in [6.07, 6.45) is 5.31. The largest absolute Gasteiger partial charge is 0.465 e. The van der Waals surface area contributed by atoms with Crippen LogP contribution in [0.5, 0.6) is 0 Å². The second-order valence-corrected chi connectivity index (χ2v) is 9.18. The average molecular weight is 516 g/mol. The molecule has 0 aliphatic carbocycles. The number of anilines is 2. The summed E-state index contributed by atoms with van der Waals surface area (Å²) < 4.78 is 4.69. The monoisotopic (exact) mass is 515 g/mol. The van der Waals surface area contributed by atoms with E-state index in [9.17, 15) is 14.4 Å². The third-order valence-electron chi connectivity index (χ3n) is 5.87. The summed E-state index contributed by atoms with van der Waals surface area (Å²) in [7, 11) is 1.31. The van der Waals surface area contributed by atoms with Crippen LogP contribution in [0.1, 0.15) is 55.8 Å². The van der Waals surface area contributed by atoms with E-state index in [0.29, 0.717) is 33.6 Å². The molecule has 1 unspecified atom stereocenters. The fraction of sp³-hybridized carbons (Fsp3) is 0.385. The summed E-state index contributed by atoms with van der Waals surface area (Å²) in [5, 5.41) is 3.77. The molecular formula is C26H30ClN3O4S. The van der Waals surface area contributed by atoms with Gasteiger partial charge in [-0.05, 0) is 67.2 Å². The van der Waals surface area contributed by atoms with Crippen LogP contribution in [0.15, 0.2) is 48.5 Å². The normalized spacial score (nSPS) is 15.5. The van der Waals surface area contributed by atoms with Gasteiger partial charge in [-0.1, -0.05) is 44.2 Å². The summed E-state index contributed by atoms with van der Waals surface area (Å²) in [5.74, 6) is -1.00. The highest BCUT2D eigenvalue weighted by molar-refractivity contribution is 7.80. The van der Waals surface area contributed by atoms with Crippen molar-refractivity contribution in [2.45, 2.75) is 51.5 Å². The average Bonchev–Trinajstić information content (AvgIpc) is 3.08. The number of carbonyl (C=O) groups excluding carboxylic acids is 3. The van der Waals surface area contributed by atoms with E-state index in [4.69, 9.17) is 28.6 Å². The molecule has 2 aromatic carbocycles. The lowest BCUT2D eigenvalue weighted by atomic mass is 10.1. The molecule has 1 N–H and O–H groups in total. The number of nitrogens with one attached hydrogen (secondary N) is 1. The second kappa shape index (κ2) is 12.7. The molecule has 0 aromatic heterocycles. The molecule has 1 saturated heterocycles. The number of halogens is 1. The highest BCUT2D eigenvalue weighted by Crippen LogP contribution is 2.29. The van der Waals surface area contributed by atoms with Crippen molar-refractivity contribution in [1.82, 2.24) is 4.90 Å². The molecule has 1 aliphatic rings. The predicted octanol–water partition coefficient (Wildman–Crippen LogP) is 5.43. The minimum Gasteiger partial charge on any atom is -0.465 e. The number of carbonyl (C=O) groups is 3. The Balaban J connectivity index is 1.73. The maximum absolute atomic E-state index is 13.4. The number of methoxy groups -OCH3 is 1. The van der Waals surface area contributed by atoms with Gasteiger partial charge in [-0.3, -0.25) is 14.5 Å². The zero-order valence-electron chi connectivity index (χ0n) is 20.0.